The molecule has 0 saturated carbocycles. The monoisotopic (exact) mass is 485 g/mol. The molecule has 1 atom stereocenters. The van der Waals surface area contributed by atoms with Crippen LogP contribution < -0.4 is 14.8 Å². The Labute approximate surface area is 201 Å². The summed E-state index contributed by atoms with van der Waals surface area (Å²) in [5.74, 6) is 0.178. The fourth-order valence-corrected chi connectivity index (χ4v) is 4.77. The van der Waals surface area contributed by atoms with Gasteiger partial charge in [0, 0.05) is 30.8 Å². The molecule has 1 saturated heterocycles. The zero-order valence-electron chi connectivity index (χ0n) is 19.3. The largest absolute Gasteiger partial charge is 0.483 e. The Morgan fingerprint density at radius 1 is 1.12 bits per heavy atom. The maximum atomic E-state index is 12.9. The Balaban J connectivity index is 1.68. The van der Waals surface area contributed by atoms with Crippen LogP contribution in [0.3, 0.4) is 0 Å². The number of nitrogens with one attached hydrogen (secondary N) is 2. The number of likely N-dealkylation sites (tertiary alicyclic amines) is 1. The second-order valence-electron chi connectivity index (χ2n) is 8.01. The molecular weight excluding hydrogens is 454 g/mol. The fraction of sp³-hybridized carbons (Fsp3) is 0.360. The summed E-state index contributed by atoms with van der Waals surface area (Å²) in [5.41, 5.74) is 1.11. The van der Waals surface area contributed by atoms with Gasteiger partial charge in [0.05, 0.1) is 10.9 Å². The average molecular weight is 486 g/mol. The first-order chi connectivity index (χ1) is 16.4. The van der Waals surface area contributed by atoms with Gasteiger partial charge in [0.25, 0.3) is 11.8 Å². The number of sulfonamides is 1. The van der Waals surface area contributed by atoms with E-state index in [1.54, 1.807) is 11.0 Å². The van der Waals surface area contributed by atoms with Gasteiger partial charge in [-0.1, -0.05) is 31.2 Å². The van der Waals surface area contributed by atoms with Crippen molar-refractivity contribution in [3.63, 3.8) is 0 Å². The van der Waals surface area contributed by atoms with E-state index in [2.05, 4.69) is 16.6 Å². The van der Waals surface area contributed by atoms with E-state index in [0.717, 1.165) is 31.5 Å². The van der Waals surface area contributed by atoms with Crippen molar-refractivity contribution in [3.05, 3.63) is 72.3 Å². The summed E-state index contributed by atoms with van der Waals surface area (Å²) >= 11 is 0. The van der Waals surface area contributed by atoms with E-state index >= 15 is 0 Å². The molecule has 0 aliphatic carbocycles. The molecule has 1 aliphatic rings. The highest BCUT2D eigenvalue weighted by Crippen LogP contribution is 2.28. The van der Waals surface area contributed by atoms with E-state index < -0.39 is 10.0 Å². The number of hydrogen-bond donors (Lipinski definition) is 2. The number of ether oxygens (including phenoxy) is 1. The quantitative estimate of drug-likeness (QED) is 0.476. The third-order valence-corrected chi connectivity index (χ3v) is 7.10. The van der Waals surface area contributed by atoms with Gasteiger partial charge in [-0.05, 0) is 49.6 Å². The second kappa shape index (κ2) is 11.8. The predicted molar refractivity (Wildman–Crippen MR) is 130 cm³/mol. The third kappa shape index (κ3) is 6.45. The topological polar surface area (TPSA) is 105 Å². The van der Waals surface area contributed by atoms with Crippen molar-refractivity contribution in [1.29, 1.82) is 0 Å². The minimum Gasteiger partial charge on any atom is -0.483 e. The summed E-state index contributed by atoms with van der Waals surface area (Å²) < 4.78 is 32.7. The van der Waals surface area contributed by atoms with E-state index in [1.807, 2.05) is 25.1 Å². The second-order valence-corrected chi connectivity index (χ2v) is 9.78. The van der Waals surface area contributed by atoms with E-state index in [-0.39, 0.29) is 35.9 Å². The van der Waals surface area contributed by atoms with E-state index in [0.29, 0.717) is 17.7 Å². The zero-order valence-corrected chi connectivity index (χ0v) is 20.1. The molecule has 0 aromatic heterocycles. The van der Waals surface area contributed by atoms with Crippen LogP contribution in [0.2, 0.25) is 0 Å². The number of carbonyl (C=O) groups excluding carboxylic acids is 2. The lowest BCUT2D eigenvalue weighted by Gasteiger charge is -2.22. The van der Waals surface area contributed by atoms with Crippen LogP contribution in [0.25, 0.3) is 0 Å². The lowest BCUT2D eigenvalue weighted by Crippen LogP contribution is -2.32. The number of benzene rings is 2. The molecule has 1 aliphatic heterocycles. The van der Waals surface area contributed by atoms with Crippen molar-refractivity contribution in [1.82, 2.24) is 14.9 Å². The minimum atomic E-state index is -3.66. The third-order valence-electron chi connectivity index (χ3n) is 5.66. The Bertz CT molecular complexity index is 1110. The minimum absolute atomic E-state index is 0.0398. The van der Waals surface area contributed by atoms with Gasteiger partial charge in [-0.15, -0.1) is 6.58 Å². The molecule has 0 bridgehead atoms. The Hall–Kier alpha value is -3.17. The molecule has 2 aromatic carbocycles. The lowest BCUT2D eigenvalue weighted by atomic mass is 10.0. The summed E-state index contributed by atoms with van der Waals surface area (Å²) in [6.45, 7) is 7.04. The van der Waals surface area contributed by atoms with E-state index in [1.165, 1.54) is 30.3 Å². The Morgan fingerprint density at radius 2 is 1.79 bits per heavy atom. The Morgan fingerprint density at radius 3 is 2.44 bits per heavy atom. The highest BCUT2D eigenvalue weighted by Gasteiger charge is 2.21. The number of hydrogen-bond acceptors (Lipinski definition) is 5. The van der Waals surface area contributed by atoms with Gasteiger partial charge >= 0.3 is 0 Å². The SMILES string of the molecule is C=CCNS(=O)(=O)c1ccc(C(=O)NC(CC)c2ccccc2OCC(=O)N2CCCC2)cc1. The van der Waals surface area contributed by atoms with Gasteiger partial charge in [0.1, 0.15) is 5.75 Å². The first kappa shape index (κ1) is 25.5. The highest BCUT2D eigenvalue weighted by molar-refractivity contribution is 7.89. The Kier molecular flexibility index (Phi) is 8.84. The average Bonchev–Trinajstić information content (AvgIpc) is 3.40. The van der Waals surface area contributed by atoms with E-state index in [4.69, 9.17) is 4.74 Å². The van der Waals surface area contributed by atoms with Gasteiger partial charge in [-0.25, -0.2) is 13.1 Å². The molecule has 182 valence electrons. The normalized spacial score (nSPS) is 14.4. The number of nitrogens with zero attached hydrogens (tertiary/aromatic N) is 1. The molecule has 8 nitrogen and oxygen atoms in total. The molecular formula is C25H31N3O5S. The first-order valence-corrected chi connectivity index (χ1v) is 12.8. The van der Waals surface area contributed by atoms with Crippen LogP contribution in [-0.2, 0) is 14.8 Å². The van der Waals surface area contributed by atoms with Crippen molar-refractivity contribution in [2.24, 2.45) is 0 Å². The first-order valence-electron chi connectivity index (χ1n) is 11.4. The van der Waals surface area contributed by atoms with Crippen molar-refractivity contribution in [2.75, 3.05) is 26.2 Å². The summed E-state index contributed by atoms with van der Waals surface area (Å²) in [7, 11) is -3.66. The van der Waals surface area contributed by atoms with Gasteiger partial charge in [0.2, 0.25) is 10.0 Å². The standard InChI is InChI=1S/C25H31N3O5S/c1-3-15-26-34(31,32)20-13-11-19(12-14-20)25(30)27-22(4-2)21-9-5-6-10-23(21)33-18-24(29)28-16-7-8-17-28/h3,5-6,9-14,22,26H,1,4,7-8,15-18H2,2H3,(H,27,30). The van der Waals surface area contributed by atoms with Crippen LogP contribution in [0.4, 0.5) is 0 Å². The highest BCUT2D eigenvalue weighted by atomic mass is 32.2. The van der Waals surface area contributed by atoms with Crippen molar-refractivity contribution in [3.8, 4) is 5.75 Å². The van der Waals surface area contributed by atoms with Crippen LogP contribution in [0.15, 0.2) is 66.1 Å². The molecule has 1 fully saturated rings. The summed E-state index contributed by atoms with van der Waals surface area (Å²) in [6, 6.07) is 12.7. The fourth-order valence-electron chi connectivity index (χ4n) is 3.78. The smallest absolute Gasteiger partial charge is 0.260 e. The van der Waals surface area contributed by atoms with Gasteiger partial charge in [-0.2, -0.15) is 0 Å². The summed E-state index contributed by atoms with van der Waals surface area (Å²) in [4.78, 5) is 27.1. The van der Waals surface area contributed by atoms with Crippen LogP contribution >= 0.6 is 0 Å². The molecule has 2 amide bonds. The van der Waals surface area contributed by atoms with Crippen LogP contribution in [0.5, 0.6) is 5.75 Å². The molecule has 0 radical (unpaired) electrons. The maximum absolute atomic E-state index is 12.9. The zero-order chi connectivity index (χ0) is 24.6. The van der Waals surface area contributed by atoms with Gasteiger partial charge in [-0.3, -0.25) is 9.59 Å². The number of amides is 2. The van der Waals surface area contributed by atoms with Crippen molar-refractivity contribution in [2.45, 2.75) is 37.1 Å². The molecule has 2 N–H and O–H groups in total. The summed E-state index contributed by atoms with van der Waals surface area (Å²) in [5, 5.41) is 2.98. The molecule has 1 unspecified atom stereocenters. The van der Waals surface area contributed by atoms with Crippen molar-refractivity contribution < 1.29 is 22.7 Å². The molecule has 3 rings (SSSR count). The molecule has 1 heterocycles. The molecule has 9 heteroatoms. The number of rotatable bonds is 11. The van der Waals surface area contributed by atoms with Gasteiger partial charge < -0.3 is 15.0 Å². The van der Waals surface area contributed by atoms with Gasteiger partial charge in [0.15, 0.2) is 6.61 Å². The number of para-hydroxylation sites is 1. The van der Waals surface area contributed by atoms with Crippen LogP contribution in [0, 0.1) is 0 Å². The van der Waals surface area contributed by atoms with Crippen molar-refractivity contribution >= 4 is 21.8 Å². The molecule has 34 heavy (non-hydrogen) atoms. The van der Waals surface area contributed by atoms with E-state index in [9.17, 15) is 18.0 Å². The predicted octanol–water partition coefficient (Wildman–Crippen LogP) is 3.03. The van der Waals surface area contributed by atoms with Crippen LogP contribution in [-0.4, -0.2) is 51.4 Å². The summed E-state index contributed by atoms with van der Waals surface area (Å²) in [6.07, 6.45) is 4.09. The molecule has 2 aromatic rings. The lowest BCUT2D eigenvalue weighted by molar-refractivity contribution is -0.132. The maximum Gasteiger partial charge on any atom is 0.260 e. The van der Waals surface area contributed by atoms with Crippen LogP contribution in [0.1, 0.15) is 48.1 Å². The number of carbonyl (C=O) groups is 2. The molecule has 0 spiro atoms.